The number of hydrogen-bond acceptors (Lipinski definition) is 3. The summed E-state index contributed by atoms with van der Waals surface area (Å²) >= 11 is 0. The Morgan fingerprint density at radius 2 is 2.29 bits per heavy atom. The lowest BCUT2D eigenvalue weighted by Gasteiger charge is -1.99. The van der Waals surface area contributed by atoms with Crippen LogP contribution in [-0.4, -0.2) is 23.9 Å². The van der Waals surface area contributed by atoms with Crippen molar-refractivity contribution in [2.24, 2.45) is 0 Å². The first-order valence-electron chi connectivity index (χ1n) is 4.03. The van der Waals surface area contributed by atoms with E-state index in [9.17, 15) is 9.59 Å². The molecule has 0 aromatic carbocycles. The van der Waals surface area contributed by atoms with Crippen LogP contribution in [0.2, 0.25) is 0 Å². The van der Waals surface area contributed by atoms with Gasteiger partial charge in [-0.2, -0.15) is 0 Å². The smallest absolute Gasteiger partial charge is 0.328 e. The van der Waals surface area contributed by atoms with Crippen LogP contribution in [0.5, 0.6) is 0 Å². The van der Waals surface area contributed by atoms with Gasteiger partial charge in [0.05, 0.1) is 6.26 Å². The SMILES string of the molecule is CN1C(=O)N/C(=C/c2ccco2)C1=O. The van der Waals surface area contributed by atoms with Crippen LogP contribution in [0, 0.1) is 0 Å². The van der Waals surface area contributed by atoms with Gasteiger partial charge in [-0.05, 0) is 12.1 Å². The zero-order chi connectivity index (χ0) is 10.1. The van der Waals surface area contributed by atoms with Crippen LogP contribution < -0.4 is 5.32 Å². The van der Waals surface area contributed by atoms with E-state index in [0.29, 0.717) is 5.76 Å². The summed E-state index contributed by atoms with van der Waals surface area (Å²) in [6.45, 7) is 0. The van der Waals surface area contributed by atoms with Gasteiger partial charge in [0, 0.05) is 13.1 Å². The van der Waals surface area contributed by atoms with Crippen molar-refractivity contribution in [3.63, 3.8) is 0 Å². The predicted octanol–water partition coefficient (Wildman–Crippen LogP) is 0.802. The molecule has 72 valence electrons. The fraction of sp³-hybridized carbons (Fsp3) is 0.111. The molecular formula is C9H8N2O3. The Morgan fingerprint density at radius 3 is 2.79 bits per heavy atom. The molecule has 14 heavy (non-hydrogen) atoms. The Labute approximate surface area is 80.0 Å². The van der Waals surface area contributed by atoms with Gasteiger partial charge in [-0.1, -0.05) is 0 Å². The minimum absolute atomic E-state index is 0.229. The molecular weight excluding hydrogens is 184 g/mol. The van der Waals surface area contributed by atoms with Crippen LogP contribution in [0.25, 0.3) is 6.08 Å². The Balaban J connectivity index is 2.29. The molecule has 0 aliphatic carbocycles. The predicted molar refractivity (Wildman–Crippen MR) is 48.0 cm³/mol. The van der Waals surface area contributed by atoms with Gasteiger partial charge >= 0.3 is 6.03 Å². The summed E-state index contributed by atoms with van der Waals surface area (Å²) in [4.78, 5) is 23.4. The molecule has 1 aromatic rings. The minimum atomic E-state index is -0.423. The molecule has 1 aliphatic rings. The van der Waals surface area contributed by atoms with Crippen LogP contribution in [-0.2, 0) is 4.79 Å². The molecule has 1 aliphatic heterocycles. The molecule has 0 radical (unpaired) electrons. The first-order valence-corrected chi connectivity index (χ1v) is 4.03. The van der Waals surface area contributed by atoms with Gasteiger partial charge < -0.3 is 9.73 Å². The van der Waals surface area contributed by atoms with Crippen LogP contribution >= 0.6 is 0 Å². The summed E-state index contributed by atoms with van der Waals surface area (Å²) in [5.41, 5.74) is 0.229. The third-order valence-corrected chi connectivity index (χ3v) is 1.91. The molecule has 2 heterocycles. The zero-order valence-electron chi connectivity index (χ0n) is 7.48. The molecule has 0 saturated carbocycles. The highest BCUT2D eigenvalue weighted by molar-refractivity contribution is 6.13. The summed E-state index contributed by atoms with van der Waals surface area (Å²) in [6, 6.07) is 2.98. The first-order chi connectivity index (χ1) is 6.68. The van der Waals surface area contributed by atoms with Crippen molar-refractivity contribution in [1.82, 2.24) is 10.2 Å². The van der Waals surface area contributed by atoms with E-state index in [1.807, 2.05) is 0 Å². The zero-order valence-corrected chi connectivity index (χ0v) is 7.48. The lowest BCUT2D eigenvalue weighted by Crippen LogP contribution is -2.25. The van der Waals surface area contributed by atoms with E-state index in [1.54, 1.807) is 12.1 Å². The van der Waals surface area contributed by atoms with E-state index in [2.05, 4.69) is 5.32 Å². The highest BCUT2D eigenvalue weighted by atomic mass is 16.3. The molecule has 1 fully saturated rings. The number of rotatable bonds is 1. The number of urea groups is 1. The highest BCUT2D eigenvalue weighted by Crippen LogP contribution is 2.12. The number of likely N-dealkylation sites (N-methyl/N-ethyl adjacent to an activating group) is 1. The third kappa shape index (κ3) is 1.28. The lowest BCUT2D eigenvalue weighted by molar-refractivity contribution is -0.121. The van der Waals surface area contributed by atoms with Crippen LogP contribution in [0.4, 0.5) is 4.79 Å². The Hall–Kier alpha value is -2.04. The number of imide groups is 1. The summed E-state index contributed by atoms with van der Waals surface area (Å²) < 4.78 is 5.02. The number of carbonyl (C=O) groups excluding carboxylic acids is 2. The van der Waals surface area contributed by atoms with Crippen molar-refractivity contribution in [2.45, 2.75) is 0 Å². The fourth-order valence-corrected chi connectivity index (χ4v) is 1.14. The largest absolute Gasteiger partial charge is 0.465 e. The number of nitrogens with one attached hydrogen (secondary N) is 1. The van der Waals surface area contributed by atoms with Crippen LogP contribution in [0.15, 0.2) is 28.5 Å². The molecule has 5 nitrogen and oxygen atoms in total. The van der Waals surface area contributed by atoms with E-state index < -0.39 is 6.03 Å². The number of amides is 3. The Kier molecular flexibility index (Phi) is 1.85. The number of carbonyl (C=O) groups is 2. The second kappa shape index (κ2) is 3.02. The van der Waals surface area contributed by atoms with Crippen LogP contribution in [0.1, 0.15) is 5.76 Å². The average molecular weight is 192 g/mol. The minimum Gasteiger partial charge on any atom is -0.465 e. The lowest BCUT2D eigenvalue weighted by atomic mass is 10.3. The standard InChI is InChI=1S/C9H8N2O3/c1-11-8(12)7(10-9(11)13)5-6-3-2-4-14-6/h2-5H,1H3,(H,10,13)/b7-5+. The van der Waals surface area contributed by atoms with Gasteiger partial charge in [0.2, 0.25) is 0 Å². The van der Waals surface area contributed by atoms with Gasteiger partial charge in [0.1, 0.15) is 11.5 Å². The van der Waals surface area contributed by atoms with Crippen molar-refractivity contribution in [2.75, 3.05) is 7.05 Å². The maximum absolute atomic E-state index is 11.4. The van der Waals surface area contributed by atoms with Crippen molar-refractivity contribution in [1.29, 1.82) is 0 Å². The van der Waals surface area contributed by atoms with Gasteiger partial charge in [-0.15, -0.1) is 0 Å². The maximum Gasteiger partial charge on any atom is 0.328 e. The Bertz CT molecular complexity index is 406. The summed E-state index contributed by atoms with van der Waals surface area (Å²) in [5.74, 6) is 0.176. The second-order valence-electron chi connectivity index (χ2n) is 2.87. The summed E-state index contributed by atoms with van der Waals surface area (Å²) in [6.07, 6.45) is 2.99. The summed E-state index contributed by atoms with van der Waals surface area (Å²) in [7, 11) is 1.42. The summed E-state index contributed by atoms with van der Waals surface area (Å²) in [5, 5.41) is 2.43. The van der Waals surface area contributed by atoms with Crippen molar-refractivity contribution in [3.05, 3.63) is 29.9 Å². The molecule has 3 amide bonds. The topological polar surface area (TPSA) is 62.6 Å². The molecule has 1 N–H and O–H groups in total. The molecule has 1 aromatic heterocycles. The fourth-order valence-electron chi connectivity index (χ4n) is 1.14. The second-order valence-corrected chi connectivity index (χ2v) is 2.87. The number of hydrogen-bond donors (Lipinski definition) is 1. The number of nitrogens with zero attached hydrogens (tertiary/aromatic N) is 1. The van der Waals surface area contributed by atoms with Crippen molar-refractivity contribution in [3.8, 4) is 0 Å². The van der Waals surface area contributed by atoms with Gasteiger partial charge in [0.15, 0.2) is 0 Å². The van der Waals surface area contributed by atoms with E-state index in [-0.39, 0.29) is 11.6 Å². The Morgan fingerprint density at radius 1 is 1.50 bits per heavy atom. The van der Waals surface area contributed by atoms with E-state index in [1.165, 1.54) is 19.4 Å². The van der Waals surface area contributed by atoms with E-state index >= 15 is 0 Å². The van der Waals surface area contributed by atoms with Gasteiger partial charge in [-0.3, -0.25) is 9.69 Å². The first kappa shape index (κ1) is 8.55. The number of furan rings is 1. The normalized spacial score (nSPS) is 19.2. The van der Waals surface area contributed by atoms with Crippen LogP contribution in [0.3, 0.4) is 0 Å². The molecule has 5 heteroatoms. The molecule has 0 bridgehead atoms. The van der Waals surface area contributed by atoms with Crippen molar-refractivity contribution >= 4 is 18.0 Å². The third-order valence-electron chi connectivity index (χ3n) is 1.91. The molecule has 1 saturated heterocycles. The average Bonchev–Trinajstić information content (AvgIpc) is 2.73. The molecule has 0 atom stereocenters. The van der Waals surface area contributed by atoms with Crippen molar-refractivity contribution < 1.29 is 14.0 Å². The van der Waals surface area contributed by atoms with E-state index in [4.69, 9.17) is 4.42 Å². The maximum atomic E-state index is 11.4. The van der Waals surface area contributed by atoms with Gasteiger partial charge in [-0.25, -0.2) is 4.79 Å². The monoisotopic (exact) mass is 192 g/mol. The molecule has 0 spiro atoms. The van der Waals surface area contributed by atoms with E-state index in [0.717, 1.165) is 4.90 Å². The molecule has 2 rings (SSSR count). The highest BCUT2D eigenvalue weighted by Gasteiger charge is 2.30. The quantitative estimate of drug-likeness (QED) is 0.528. The molecule has 0 unspecified atom stereocenters. The van der Waals surface area contributed by atoms with Gasteiger partial charge in [0.25, 0.3) is 5.91 Å².